The van der Waals surface area contributed by atoms with Gasteiger partial charge in [-0.2, -0.15) is 5.10 Å². The zero-order valence-electron chi connectivity index (χ0n) is 22.0. The molecule has 3 N–H and O–H groups in total. The maximum atomic E-state index is 13.1. The van der Waals surface area contributed by atoms with Gasteiger partial charge in [-0.05, 0) is 67.4 Å². The molecule has 3 amide bonds. The summed E-state index contributed by atoms with van der Waals surface area (Å²) in [5, 5.41) is 9.52. The normalized spacial score (nSPS) is 10.6. The lowest BCUT2D eigenvalue weighted by molar-refractivity contribution is -0.126. The van der Waals surface area contributed by atoms with Crippen LogP contribution in [0.4, 0.5) is 15.8 Å². The van der Waals surface area contributed by atoms with Crippen LogP contribution in [0.15, 0.2) is 72.4 Å². The summed E-state index contributed by atoms with van der Waals surface area (Å²) in [5.74, 6) is -1.41. The van der Waals surface area contributed by atoms with E-state index in [4.69, 9.17) is 32.7 Å². The third-order valence-electron chi connectivity index (χ3n) is 5.24. The molecule has 0 aliphatic heterocycles. The topological polar surface area (TPSA) is 118 Å². The fourth-order valence-corrected chi connectivity index (χ4v) is 3.87. The molecule has 0 heterocycles. The number of amides is 3. The molecular formula is C29H27Cl2FN4O5. The first-order chi connectivity index (χ1) is 19.7. The number of ether oxygens (including phenoxy) is 2. The number of allylic oxidation sites excluding steroid dienone is 1. The smallest absolute Gasteiger partial charge is 0.262 e. The molecule has 41 heavy (non-hydrogen) atoms. The second-order valence-corrected chi connectivity index (χ2v) is 9.18. The van der Waals surface area contributed by atoms with Gasteiger partial charge in [0.25, 0.3) is 5.91 Å². The van der Waals surface area contributed by atoms with Gasteiger partial charge in [0.2, 0.25) is 11.8 Å². The average molecular weight is 601 g/mol. The van der Waals surface area contributed by atoms with Crippen molar-refractivity contribution in [3.63, 3.8) is 0 Å². The molecule has 0 saturated carbocycles. The van der Waals surface area contributed by atoms with Gasteiger partial charge in [0.1, 0.15) is 12.2 Å². The molecule has 9 nitrogen and oxygen atoms in total. The number of halogens is 3. The zero-order valence-corrected chi connectivity index (χ0v) is 23.5. The standard InChI is InChI=1S/C29H27Cl2FN4O5/c1-3-6-19-13-18(16-33-36-26(38)15-25(37)35-23-8-5-7-22(30)28(23)31)14-24(40-4-2)29(19)41-17-27(39)34-21-11-9-20(32)10-12-21/h3,5,7-14,16H,1,4,6,15,17H2,2H3,(H,34,39)(H,35,37)(H,36,38). The molecule has 0 radical (unpaired) electrons. The molecule has 0 spiro atoms. The van der Waals surface area contributed by atoms with Crippen molar-refractivity contribution in [3.05, 3.63) is 94.2 Å². The lowest BCUT2D eigenvalue weighted by Gasteiger charge is -2.16. The van der Waals surface area contributed by atoms with Crippen molar-refractivity contribution in [2.75, 3.05) is 23.8 Å². The van der Waals surface area contributed by atoms with Gasteiger partial charge >= 0.3 is 0 Å². The number of nitrogens with one attached hydrogen (secondary N) is 3. The molecule has 0 aliphatic carbocycles. The average Bonchev–Trinajstić information content (AvgIpc) is 2.92. The highest BCUT2D eigenvalue weighted by molar-refractivity contribution is 6.44. The van der Waals surface area contributed by atoms with E-state index in [0.717, 1.165) is 0 Å². The van der Waals surface area contributed by atoms with Crippen molar-refractivity contribution >= 4 is 58.5 Å². The molecule has 0 saturated heterocycles. The maximum Gasteiger partial charge on any atom is 0.262 e. The van der Waals surface area contributed by atoms with Gasteiger partial charge in [0.05, 0.1) is 28.6 Å². The van der Waals surface area contributed by atoms with Gasteiger partial charge in [-0.25, -0.2) is 9.82 Å². The van der Waals surface area contributed by atoms with Crippen LogP contribution in [0.1, 0.15) is 24.5 Å². The second-order valence-electron chi connectivity index (χ2n) is 8.40. The quantitative estimate of drug-likeness (QED) is 0.0998. The van der Waals surface area contributed by atoms with E-state index in [0.29, 0.717) is 41.3 Å². The number of nitrogens with zero attached hydrogens (tertiary/aromatic N) is 1. The molecule has 12 heteroatoms. The predicted octanol–water partition coefficient (Wildman–Crippen LogP) is 5.76. The minimum atomic E-state index is -0.652. The molecule has 0 fully saturated rings. The SMILES string of the molecule is C=CCc1cc(C=NNC(=O)CC(=O)Nc2cccc(Cl)c2Cl)cc(OCC)c1OCC(=O)Nc1ccc(F)cc1. The van der Waals surface area contributed by atoms with Gasteiger partial charge in [0, 0.05) is 11.3 Å². The van der Waals surface area contributed by atoms with E-state index in [1.807, 2.05) is 0 Å². The van der Waals surface area contributed by atoms with Gasteiger partial charge in [-0.15, -0.1) is 6.58 Å². The number of benzene rings is 3. The lowest BCUT2D eigenvalue weighted by atomic mass is 10.1. The number of hydrazone groups is 1. The summed E-state index contributed by atoms with van der Waals surface area (Å²) < 4.78 is 24.6. The number of carbonyl (C=O) groups excluding carboxylic acids is 3. The molecule has 0 bridgehead atoms. The van der Waals surface area contributed by atoms with Crippen LogP contribution in [0.3, 0.4) is 0 Å². The van der Waals surface area contributed by atoms with Crippen LogP contribution in [0.5, 0.6) is 11.5 Å². The first kappa shape index (κ1) is 31.1. The Morgan fingerprint density at radius 2 is 1.76 bits per heavy atom. The summed E-state index contributed by atoms with van der Waals surface area (Å²) in [5.41, 5.74) is 4.23. The summed E-state index contributed by atoms with van der Waals surface area (Å²) >= 11 is 12.0. The number of carbonyl (C=O) groups is 3. The number of rotatable bonds is 13. The Labute approximate surface area is 246 Å². The van der Waals surface area contributed by atoms with Crippen LogP contribution in [0.2, 0.25) is 10.0 Å². The predicted molar refractivity (Wildman–Crippen MR) is 157 cm³/mol. The molecule has 3 rings (SSSR count). The summed E-state index contributed by atoms with van der Waals surface area (Å²) in [6.45, 7) is 5.54. The molecule has 214 valence electrons. The van der Waals surface area contributed by atoms with Crippen molar-refractivity contribution in [3.8, 4) is 11.5 Å². The molecular weight excluding hydrogens is 574 g/mol. The fourth-order valence-electron chi connectivity index (χ4n) is 3.52. The Balaban J connectivity index is 1.65. The van der Waals surface area contributed by atoms with Gasteiger partial charge in [0.15, 0.2) is 18.1 Å². The summed E-state index contributed by atoms with van der Waals surface area (Å²) in [7, 11) is 0. The van der Waals surface area contributed by atoms with E-state index < -0.39 is 30.0 Å². The van der Waals surface area contributed by atoms with Crippen molar-refractivity contribution < 1.29 is 28.2 Å². The summed E-state index contributed by atoms with van der Waals surface area (Å²) in [6, 6.07) is 13.5. The van der Waals surface area contributed by atoms with E-state index in [1.54, 1.807) is 43.3 Å². The lowest BCUT2D eigenvalue weighted by Crippen LogP contribution is -2.24. The van der Waals surface area contributed by atoms with Crippen LogP contribution >= 0.6 is 23.2 Å². The molecule has 0 atom stereocenters. The highest BCUT2D eigenvalue weighted by Crippen LogP contribution is 2.34. The van der Waals surface area contributed by atoms with Gasteiger partial charge in [-0.3, -0.25) is 14.4 Å². The monoisotopic (exact) mass is 600 g/mol. The van der Waals surface area contributed by atoms with Crippen LogP contribution in [0.25, 0.3) is 0 Å². The van der Waals surface area contributed by atoms with Gasteiger partial charge in [-0.1, -0.05) is 35.3 Å². The minimum absolute atomic E-state index is 0.169. The number of hydrogen-bond acceptors (Lipinski definition) is 6. The Morgan fingerprint density at radius 1 is 1.00 bits per heavy atom. The summed E-state index contributed by atoms with van der Waals surface area (Å²) in [6.07, 6.45) is 2.92. The molecule has 0 aromatic heterocycles. The second kappa shape index (κ2) is 15.4. The Morgan fingerprint density at radius 3 is 2.46 bits per heavy atom. The first-order valence-corrected chi connectivity index (χ1v) is 13.1. The van der Waals surface area contributed by atoms with Crippen LogP contribution < -0.4 is 25.5 Å². The molecule has 3 aromatic rings. The zero-order chi connectivity index (χ0) is 29.8. The molecule has 0 aliphatic rings. The fraction of sp³-hybridized carbons (Fsp3) is 0.172. The summed E-state index contributed by atoms with van der Waals surface area (Å²) in [4.78, 5) is 36.8. The Hall–Kier alpha value is -4.41. The number of anilines is 2. The van der Waals surface area contributed by atoms with Gasteiger partial charge < -0.3 is 20.1 Å². The van der Waals surface area contributed by atoms with Crippen molar-refractivity contribution in [1.82, 2.24) is 5.43 Å². The maximum absolute atomic E-state index is 13.1. The third kappa shape index (κ3) is 9.63. The number of hydrogen-bond donors (Lipinski definition) is 3. The van der Waals surface area contributed by atoms with E-state index in [-0.39, 0.29) is 22.3 Å². The Bertz CT molecular complexity index is 1450. The van der Waals surface area contributed by atoms with Crippen molar-refractivity contribution in [2.45, 2.75) is 19.8 Å². The van der Waals surface area contributed by atoms with Crippen molar-refractivity contribution in [2.24, 2.45) is 5.10 Å². The minimum Gasteiger partial charge on any atom is -0.490 e. The highest BCUT2D eigenvalue weighted by Gasteiger charge is 2.16. The van der Waals surface area contributed by atoms with E-state index >= 15 is 0 Å². The highest BCUT2D eigenvalue weighted by atomic mass is 35.5. The van der Waals surface area contributed by atoms with Crippen molar-refractivity contribution in [1.29, 1.82) is 0 Å². The van der Waals surface area contributed by atoms with E-state index in [2.05, 4.69) is 27.7 Å². The molecule has 0 unspecified atom stereocenters. The third-order valence-corrected chi connectivity index (χ3v) is 6.06. The van der Waals surface area contributed by atoms with E-state index in [9.17, 15) is 18.8 Å². The van der Waals surface area contributed by atoms with Crippen LogP contribution in [0, 0.1) is 5.82 Å². The van der Waals surface area contributed by atoms with E-state index in [1.165, 1.54) is 30.5 Å². The Kier molecular flexibility index (Phi) is 11.7. The van der Waals surface area contributed by atoms with Crippen LogP contribution in [-0.2, 0) is 20.8 Å². The molecule has 3 aromatic carbocycles. The van der Waals surface area contributed by atoms with Crippen LogP contribution in [-0.4, -0.2) is 37.1 Å². The largest absolute Gasteiger partial charge is 0.490 e. The first-order valence-electron chi connectivity index (χ1n) is 12.3.